The van der Waals surface area contributed by atoms with Crippen LogP contribution < -0.4 is 51.4 Å². The second kappa shape index (κ2) is 65.2. The minimum absolute atomic E-state index is 0. The first-order valence-electron chi connectivity index (χ1n) is 29.7. The van der Waals surface area contributed by atoms with Crippen LogP contribution in [0.3, 0.4) is 0 Å². The van der Waals surface area contributed by atoms with Gasteiger partial charge >= 0.3 is 153 Å². The van der Waals surface area contributed by atoms with Crippen LogP contribution >= 0.6 is 49.1 Å². The van der Waals surface area contributed by atoms with E-state index >= 15 is 0 Å². The number of nitrogens with one attached hydrogen (secondary N) is 3. The fourth-order valence-corrected chi connectivity index (χ4v) is 5.79. The van der Waals surface area contributed by atoms with Gasteiger partial charge < -0.3 is 63.7 Å². The Kier molecular flexibility index (Phi) is 72.0. The molecule has 0 saturated carbocycles. The number of carbonyl (C=O) groups excluding carboxylic acids is 10. The molecule has 0 aliphatic carbocycles. The second-order valence-electron chi connectivity index (χ2n) is 21.6. The molecule has 0 aliphatic rings. The minimum Gasteiger partial charge on any atom is 1.00 e. The van der Waals surface area contributed by atoms with Crippen LogP contribution in [0.2, 0.25) is 0 Å². The third-order valence-corrected chi connectivity index (χ3v) is 12.3. The third kappa shape index (κ3) is 72.6. The van der Waals surface area contributed by atoms with Crippen molar-refractivity contribution in [3.05, 3.63) is 4.93 Å². The fourth-order valence-electron chi connectivity index (χ4n) is 5.79. The van der Waals surface area contributed by atoms with Crippen molar-refractivity contribution in [1.29, 1.82) is 16.2 Å². The van der Waals surface area contributed by atoms with E-state index in [2.05, 4.69) is 67.1 Å². The van der Waals surface area contributed by atoms with Gasteiger partial charge in [0.15, 0.2) is 0 Å². The van der Waals surface area contributed by atoms with Gasteiger partial charge in [0.25, 0.3) is 0 Å². The molecule has 0 aromatic rings. The Morgan fingerprint density at radius 2 is 0.457 bits per heavy atom. The van der Waals surface area contributed by atoms with Crippen molar-refractivity contribution in [1.82, 2.24) is 0 Å². The van der Waals surface area contributed by atoms with Gasteiger partial charge in [-0.3, -0.25) is 63.3 Å². The van der Waals surface area contributed by atoms with Crippen LogP contribution in [0.4, 0.5) is 0 Å². The van der Waals surface area contributed by atoms with E-state index in [1.807, 2.05) is 6.92 Å². The number of esters is 8. The molecule has 0 bridgehead atoms. The van der Waals surface area contributed by atoms with Gasteiger partial charge in [0.1, 0.15) is 75.3 Å². The number of rotatable bonds is 41. The average molecular weight is 1700 g/mol. The molecule has 0 atom stereocenters. The van der Waals surface area contributed by atoms with Crippen molar-refractivity contribution in [2.24, 2.45) is 35.8 Å². The molecule has 0 amide bonds. The molecule has 536 valence electrons. The van der Waals surface area contributed by atoms with Crippen molar-refractivity contribution >= 4 is 154 Å². The first-order valence-corrected chi connectivity index (χ1v) is 43.8. The van der Waals surface area contributed by atoms with Gasteiger partial charge in [-0.1, -0.05) is 14.4 Å². The van der Waals surface area contributed by atoms with Crippen LogP contribution in [-0.4, -0.2) is 193 Å². The molecule has 94 heavy (non-hydrogen) atoms. The predicted molar refractivity (Wildman–Crippen MR) is 393 cm³/mol. The molecule has 30 heteroatoms. The standard InChI is InChI=1S/C28H46N4O8.C27H44N4O8.C4H8O.C3H6O.CH2I3.CH4.K/c1-20(29)8-12-24(33)37-16-28(17-38-25(34)13-9-21(2)30-5,18-39-26(35)14-10-22(3)31-6)19-40-27(36)15-11-23(4)32-7;1-19(28)7-11-23(32)36-15-27(16-37-24(33)12-8-20(2)29,17-38-25(34)13-9-21(3)30-5)18-39-26(35)14-10-22(4)31-6;1-3-4(2)5;1-3(2)4;1-4(2)3;;/h29H,8-19H2,1-7H3;28-29H,7-18H2,1-6H3;3H2,1-2H3;1-2H3;1H2;1H4;/q;;;;-1;;+1. The molecule has 0 radical (unpaired) electrons. The predicted octanol–water partition coefficient (Wildman–Crippen LogP) is 9.31. The monoisotopic (exact) mass is 1700 g/mol. The van der Waals surface area contributed by atoms with Crippen LogP contribution in [-0.2, 0) is 85.8 Å². The molecule has 0 unspecified atom stereocenters. The largest absolute Gasteiger partial charge is 1.00 e. The summed E-state index contributed by atoms with van der Waals surface area (Å²) in [5.41, 5.74) is 2.11. The van der Waals surface area contributed by atoms with E-state index in [0.29, 0.717) is 55.7 Å². The molecule has 0 saturated heterocycles. The van der Waals surface area contributed by atoms with Crippen LogP contribution in [0.15, 0.2) is 25.0 Å². The minimum atomic E-state index is -1.36. The van der Waals surface area contributed by atoms with Crippen molar-refractivity contribution in [3.63, 3.8) is 0 Å². The number of Topliss-reactive ketones (excluding diaryl/α,β-unsaturated/α-hetero) is 2. The third-order valence-electron chi connectivity index (χ3n) is 12.3. The Labute approximate surface area is 629 Å². The van der Waals surface area contributed by atoms with Crippen molar-refractivity contribution in [2.45, 2.75) is 200 Å². The van der Waals surface area contributed by atoms with Gasteiger partial charge in [-0.25, -0.2) is 0 Å². The number of hydrogen-bond donors (Lipinski definition) is 3. The topological polar surface area (TPSA) is 378 Å². The molecular weight excluding hydrogens is 1590 g/mol. The number of ketones is 2. The summed E-state index contributed by atoms with van der Waals surface area (Å²) in [6, 6.07) is 0. The quantitative estimate of drug-likeness (QED) is 0.0128. The van der Waals surface area contributed by atoms with Crippen LogP contribution in [0, 0.1) is 32.0 Å². The molecule has 3 N–H and O–H groups in total. The van der Waals surface area contributed by atoms with Gasteiger partial charge in [-0.05, 0) is 128 Å². The fraction of sp³-hybridized carbons (Fsp3) is 0.703. The van der Waals surface area contributed by atoms with Crippen LogP contribution in [0.1, 0.15) is 200 Å². The molecule has 26 nitrogen and oxygen atoms in total. The Bertz CT molecular complexity index is 2310. The molecular formula is C64H110I3KN8O18. The van der Waals surface area contributed by atoms with Gasteiger partial charge in [-0.15, -0.1) is 0 Å². The Morgan fingerprint density at radius 3 is 0.553 bits per heavy atom. The number of nitrogens with zero attached hydrogens (tertiary/aromatic N) is 5. The van der Waals surface area contributed by atoms with E-state index in [0.717, 1.165) is 28.6 Å². The van der Waals surface area contributed by atoms with Gasteiger partial charge in [0.05, 0.1) is 51.4 Å². The van der Waals surface area contributed by atoms with Gasteiger partial charge in [-0.2, -0.15) is 0 Å². The van der Waals surface area contributed by atoms with Crippen molar-refractivity contribution in [2.75, 3.05) is 88.1 Å². The maximum absolute atomic E-state index is 12.5. The molecule has 0 aromatic heterocycles. The summed E-state index contributed by atoms with van der Waals surface area (Å²) in [5.74, 6) is -4.02. The maximum atomic E-state index is 12.5. The summed E-state index contributed by atoms with van der Waals surface area (Å²) < 4.78 is 43.6. The van der Waals surface area contributed by atoms with Gasteiger partial charge in [0, 0.05) is 87.4 Å². The van der Waals surface area contributed by atoms with Crippen LogP contribution in [0.5, 0.6) is 0 Å². The second-order valence-corrected chi connectivity index (χ2v) is 46.8. The normalized spacial score (nSPS) is 12.5. The molecule has 0 heterocycles. The van der Waals surface area contributed by atoms with Gasteiger partial charge in [0.2, 0.25) is 0 Å². The molecule has 0 rings (SSSR count). The summed E-state index contributed by atoms with van der Waals surface area (Å²) in [7, 11) is 8.13. The number of ether oxygens (including phenoxy) is 8. The Hall–Kier alpha value is -3.71. The SMILES string of the molecule is C.CC(C)=O.CCC(C)=O.CN=C(C)CCC(=O)OCC(COC(=O)CCC(C)=N)(COC(=O)CCC(C)=N)COC(=O)CCC(C)=NC.CN=C(C)CCC(=O)OCC(COC(=O)CCC(C)=N)(COC(=O)CCC(C)=NC)COC(=O)CCC(C)=NC.[CH2-]I(I)I.[K+]. The molecule has 0 aromatic carbocycles. The molecule has 0 aliphatic heterocycles. The van der Waals surface area contributed by atoms with E-state index in [1.54, 1.807) is 97.6 Å². The zero-order valence-electron chi connectivity index (χ0n) is 58.6. The summed E-state index contributed by atoms with van der Waals surface area (Å²) in [5, 5.41) is 22.5. The number of hydrogen-bond acceptors (Lipinski definition) is 26. The average Bonchev–Trinajstić information content (AvgIpc) is 0.875. The summed E-state index contributed by atoms with van der Waals surface area (Å²) >= 11 is 4.18. The maximum Gasteiger partial charge on any atom is 1.00 e. The summed E-state index contributed by atoms with van der Waals surface area (Å²) in [6.45, 7) is 17.5. The number of aliphatic imine (C=N–C) groups is 5. The van der Waals surface area contributed by atoms with E-state index in [9.17, 15) is 47.9 Å². The smallest absolute Gasteiger partial charge is 1.00 e. The first kappa shape index (κ1) is 104. The summed E-state index contributed by atoms with van der Waals surface area (Å²) in [6.07, 6.45) is 3.56. The van der Waals surface area contributed by atoms with Crippen LogP contribution in [0.25, 0.3) is 0 Å². The van der Waals surface area contributed by atoms with Crippen molar-refractivity contribution < 1.29 is 137 Å². The number of carbonyl (C=O) groups is 10. The summed E-state index contributed by atoms with van der Waals surface area (Å²) in [4.78, 5) is 142. The van der Waals surface area contributed by atoms with E-state index in [4.69, 9.17) is 54.1 Å². The van der Waals surface area contributed by atoms with E-state index < -0.39 is 70.5 Å². The van der Waals surface area contributed by atoms with E-state index in [-0.39, 0.29) is 194 Å². The molecule has 0 fully saturated rings. The Morgan fingerprint density at radius 1 is 0.340 bits per heavy atom. The zero-order chi connectivity index (χ0) is 71.8. The van der Waals surface area contributed by atoms with Crippen molar-refractivity contribution in [3.8, 4) is 0 Å². The van der Waals surface area contributed by atoms with E-state index in [1.165, 1.54) is 13.8 Å². The first-order chi connectivity index (χ1) is 42.9. The Balaban J connectivity index is -0.000000265. The number of halogens is 3. The zero-order valence-corrected chi connectivity index (χ0v) is 68.2. The molecule has 0 spiro atoms.